The van der Waals surface area contributed by atoms with Crippen LogP contribution in [0.3, 0.4) is 0 Å². The van der Waals surface area contributed by atoms with E-state index in [1.165, 1.54) is 18.2 Å². The maximum atomic E-state index is 12.7. The third kappa shape index (κ3) is 3.75. The molecular weight excluding hydrogens is 322 g/mol. The molecule has 1 aliphatic heterocycles. The van der Waals surface area contributed by atoms with Crippen LogP contribution in [-0.4, -0.2) is 44.3 Å². The zero-order chi connectivity index (χ0) is 18.0. The van der Waals surface area contributed by atoms with Gasteiger partial charge in [-0.3, -0.25) is 4.79 Å². The Morgan fingerprint density at radius 1 is 1.36 bits per heavy atom. The van der Waals surface area contributed by atoms with Crippen molar-refractivity contribution in [1.29, 1.82) is 0 Å². The van der Waals surface area contributed by atoms with E-state index in [9.17, 15) is 15.0 Å². The van der Waals surface area contributed by atoms with E-state index in [0.717, 1.165) is 19.3 Å². The summed E-state index contributed by atoms with van der Waals surface area (Å²) in [6.07, 6.45) is 2.41. The summed E-state index contributed by atoms with van der Waals surface area (Å²) >= 11 is 0. The molecule has 134 valence electrons. The van der Waals surface area contributed by atoms with Gasteiger partial charge in [0.15, 0.2) is 5.82 Å². The number of nitrogens with zero attached hydrogens (tertiary/aromatic N) is 3. The molecule has 0 radical (unpaired) electrons. The maximum Gasteiger partial charge on any atom is 0.261 e. The molecule has 1 atom stereocenters. The van der Waals surface area contributed by atoms with Crippen LogP contribution in [-0.2, 0) is 6.42 Å². The number of benzene rings is 1. The molecule has 1 unspecified atom stereocenters. The Bertz CT molecular complexity index is 736. The molecule has 1 fully saturated rings. The molecule has 3 rings (SSSR count). The predicted octanol–water partition coefficient (Wildman–Crippen LogP) is 2.70. The Morgan fingerprint density at radius 2 is 2.08 bits per heavy atom. The number of aromatic hydroxyl groups is 2. The van der Waals surface area contributed by atoms with E-state index in [1.807, 2.05) is 0 Å². The topological polar surface area (TPSA) is 99.7 Å². The van der Waals surface area contributed by atoms with Gasteiger partial charge in [-0.05, 0) is 30.9 Å². The Kier molecular flexibility index (Phi) is 4.92. The molecule has 1 saturated heterocycles. The lowest BCUT2D eigenvalue weighted by Crippen LogP contribution is -2.39. The average molecular weight is 345 g/mol. The van der Waals surface area contributed by atoms with Gasteiger partial charge in [0.05, 0.1) is 5.92 Å². The molecule has 25 heavy (non-hydrogen) atoms. The summed E-state index contributed by atoms with van der Waals surface area (Å²) in [5.74, 6) is 0.829. The van der Waals surface area contributed by atoms with E-state index >= 15 is 0 Å². The number of carbonyl (C=O) groups excluding carboxylic acids is 1. The van der Waals surface area contributed by atoms with Crippen LogP contribution in [0.25, 0.3) is 0 Å². The molecule has 0 spiro atoms. The zero-order valence-electron chi connectivity index (χ0n) is 14.5. The van der Waals surface area contributed by atoms with E-state index in [0.29, 0.717) is 30.7 Å². The summed E-state index contributed by atoms with van der Waals surface area (Å²) in [7, 11) is 0. The summed E-state index contributed by atoms with van der Waals surface area (Å²) in [4.78, 5) is 18.8. The second-order valence-electron chi connectivity index (χ2n) is 6.91. The summed E-state index contributed by atoms with van der Waals surface area (Å²) in [5.41, 5.74) is -0.0609. The van der Waals surface area contributed by atoms with Crippen molar-refractivity contribution >= 4 is 5.91 Å². The van der Waals surface area contributed by atoms with Gasteiger partial charge in [-0.2, -0.15) is 4.98 Å². The molecule has 1 aromatic carbocycles. The van der Waals surface area contributed by atoms with Crippen molar-refractivity contribution in [1.82, 2.24) is 15.0 Å². The molecule has 2 aromatic rings. The van der Waals surface area contributed by atoms with Crippen molar-refractivity contribution in [2.24, 2.45) is 5.92 Å². The molecule has 7 nitrogen and oxygen atoms in total. The van der Waals surface area contributed by atoms with Crippen LogP contribution in [0.2, 0.25) is 0 Å². The standard InChI is InChI=1S/C18H23N3O4/c1-11(2)9-15-19-17(25-20-15)12-5-4-8-21(10-12)18(24)16-13(22)6-3-7-14(16)23/h3,6-7,11-12,22-23H,4-5,8-10H2,1-2H3. The Morgan fingerprint density at radius 3 is 2.76 bits per heavy atom. The fourth-order valence-corrected chi connectivity index (χ4v) is 3.15. The number of aromatic nitrogens is 2. The fourth-order valence-electron chi connectivity index (χ4n) is 3.15. The monoisotopic (exact) mass is 345 g/mol. The smallest absolute Gasteiger partial charge is 0.261 e. The zero-order valence-corrected chi connectivity index (χ0v) is 14.5. The van der Waals surface area contributed by atoms with E-state index in [-0.39, 0.29) is 28.9 Å². The van der Waals surface area contributed by atoms with Crippen molar-refractivity contribution in [3.05, 3.63) is 35.5 Å². The summed E-state index contributed by atoms with van der Waals surface area (Å²) in [5, 5.41) is 23.8. The van der Waals surface area contributed by atoms with Gasteiger partial charge in [0.2, 0.25) is 5.89 Å². The van der Waals surface area contributed by atoms with Crippen LogP contribution in [0, 0.1) is 5.92 Å². The highest BCUT2D eigenvalue weighted by atomic mass is 16.5. The number of piperidine rings is 1. The van der Waals surface area contributed by atoms with Crippen LogP contribution in [0.4, 0.5) is 0 Å². The van der Waals surface area contributed by atoms with E-state index in [1.54, 1.807) is 4.90 Å². The first-order valence-electron chi connectivity index (χ1n) is 8.58. The number of rotatable bonds is 4. The van der Waals surface area contributed by atoms with E-state index in [2.05, 4.69) is 24.0 Å². The van der Waals surface area contributed by atoms with Crippen molar-refractivity contribution < 1.29 is 19.5 Å². The number of phenolic OH excluding ortho intramolecular Hbond substituents is 2. The van der Waals surface area contributed by atoms with E-state index in [4.69, 9.17) is 4.52 Å². The SMILES string of the molecule is CC(C)Cc1noc(C2CCCN(C(=O)c3c(O)cccc3O)C2)n1. The second kappa shape index (κ2) is 7.13. The molecule has 0 aliphatic carbocycles. The van der Waals surface area contributed by atoms with Gasteiger partial charge >= 0.3 is 0 Å². The van der Waals surface area contributed by atoms with Gasteiger partial charge in [-0.15, -0.1) is 0 Å². The van der Waals surface area contributed by atoms with Crippen LogP contribution in [0.1, 0.15) is 54.7 Å². The first kappa shape index (κ1) is 17.3. The van der Waals surface area contributed by atoms with Crippen LogP contribution in [0.5, 0.6) is 11.5 Å². The van der Waals surface area contributed by atoms with Gasteiger partial charge in [-0.25, -0.2) is 0 Å². The van der Waals surface area contributed by atoms with Gasteiger partial charge < -0.3 is 19.6 Å². The molecule has 0 saturated carbocycles. The first-order valence-corrected chi connectivity index (χ1v) is 8.58. The van der Waals surface area contributed by atoms with Crippen molar-refractivity contribution in [3.63, 3.8) is 0 Å². The van der Waals surface area contributed by atoms with Gasteiger partial charge in [0, 0.05) is 19.5 Å². The van der Waals surface area contributed by atoms with Crippen molar-refractivity contribution in [2.75, 3.05) is 13.1 Å². The minimum atomic E-state index is -0.387. The average Bonchev–Trinajstić information content (AvgIpc) is 3.02. The second-order valence-corrected chi connectivity index (χ2v) is 6.91. The highest BCUT2D eigenvalue weighted by molar-refractivity contribution is 5.99. The van der Waals surface area contributed by atoms with Crippen molar-refractivity contribution in [3.8, 4) is 11.5 Å². The molecule has 1 aromatic heterocycles. The summed E-state index contributed by atoms with van der Waals surface area (Å²) in [6, 6.07) is 4.28. The Labute approximate surface area is 146 Å². The van der Waals surface area contributed by atoms with Crippen molar-refractivity contribution in [2.45, 2.75) is 39.0 Å². The quantitative estimate of drug-likeness (QED) is 0.884. The number of hydrogen-bond donors (Lipinski definition) is 2. The molecule has 1 amide bonds. The first-order chi connectivity index (χ1) is 12.0. The normalized spacial score (nSPS) is 17.9. The van der Waals surface area contributed by atoms with Gasteiger partial charge in [-0.1, -0.05) is 25.1 Å². The summed E-state index contributed by atoms with van der Waals surface area (Å²) in [6.45, 7) is 5.18. The lowest BCUT2D eigenvalue weighted by Gasteiger charge is -2.31. The largest absolute Gasteiger partial charge is 0.507 e. The number of carbonyl (C=O) groups is 1. The highest BCUT2D eigenvalue weighted by Crippen LogP contribution is 2.31. The van der Waals surface area contributed by atoms with Crippen LogP contribution < -0.4 is 0 Å². The Hall–Kier alpha value is -2.57. The van der Waals surface area contributed by atoms with Gasteiger partial charge in [0.25, 0.3) is 5.91 Å². The lowest BCUT2D eigenvalue weighted by atomic mass is 9.97. The molecule has 0 bridgehead atoms. The number of amides is 1. The van der Waals surface area contributed by atoms with Crippen LogP contribution >= 0.6 is 0 Å². The van der Waals surface area contributed by atoms with Gasteiger partial charge in [0.1, 0.15) is 17.1 Å². The molecule has 1 aliphatic rings. The molecule has 2 heterocycles. The third-order valence-electron chi connectivity index (χ3n) is 4.37. The third-order valence-corrected chi connectivity index (χ3v) is 4.37. The molecular formula is C18H23N3O4. The summed E-state index contributed by atoms with van der Waals surface area (Å²) < 4.78 is 5.39. The molecule has 2 N–H and O–H groups in total. The lowest BCUT2D eigenvalue weighted by molar-refractivity contribution is 0.0689. The fraction of sp³-hybridized carbons (Fsp3) is 0.500. The van der Waals surface area contributed by atoms with Crippen LogP contribution in [0.15, 0.2) is 22.7 Å². The predicted molar refractivity (Wildman–Crippen MR) is 90.5 cm³/mol. The minimum Gasteiger partial charge on any atom is -0.507 e. The minimum absolute atomic E-state index is 0.0286. The van der Waals surface area contributed by atoms with E-state index < -0.39 is 0 Å². The molecule has 7 heteroatoms. The Balaban J connectivity index is 1.75. The number of phenols is 2. The number of hydrogen-bond acceptors (Lipinski definition) is 6. The maximum absolute atomic E-state index is 12.7. The number of likely N-dealkylation sites (tertiary alicyclic amines) is 1. The highest BCUT2D eigenvalue weighted by Gasteiger charge is 2.31.